The first-order valence-electron chi connectivity index (χ1n) is 9.71. The Morgan fingerprint density at radius 1 is 0.966 bits per heavy atom. The first kappa shape index (κ1) is 16.3. The van der Waals surface area contributed by atoms with Gasteiger partial charge >= 0.3 is 0 Å². The van der Waals surface area contributed by atoms with Gasteiger partial charge in [-0.25, -0.2) is 0 Å². The minimum Gasteiger partial charge on any atom is -0.493 e. The average molecular weight is 383 g/mol. The Balaban J connectivity index is 1.62. The molecule has 2 aromatic carbocycles. The first-order chi connectivity index (χ1) is 14.2. The molecule has 0 saturated heterocycles. The zero-order valence-corrected chi connectivity index (χ0v) is 15.6. The highest BCUT2D eigenvalue weighted by Gasteiger charge is 2.38. The molecule has 0 saturated carbocycles. The highest BCUT2D eigenvalue weighted by Crippen LogP contribution is 2.39. The molecule has 0 atom stereocenters. The molecule has 0 aliphatic carbocycles. The molecule has 4 aliphatic heterocycles. The van der Waals surface area contributed by atoms with Gasteiger partial charge in [-0.05, 0) is 23.6 Å². The maximum Gasteiger partial charge on any atom is 0.261 e. The SMILES string of the molecule is O=C1NC(=O)C(c2cccc3c2CCO3)=C1C1=NC=CN2CCc3cccc1c32. The number of nitrogens with one attached hydrogen (secondary N) is 1. The van der Waals surface area contributed by atoms with Gasteiger partial charge in [-0.15, -0.1) is 0 Å². The summed E-state index contributed by atoms with van der Waals surface area (Å²) < 4.78 is 5.67. The summed E-state index contributed by atoms with van der Waals surface area (Å²) in [5.41, 5.74) is 6.15. The molecule has 0 spiro atoms. The predicted molar refractivity (Wildman–Crippen MR) is 109 cm³/mol. The standard InChI is InChI=1S/C23H17N3O3/c27-22-18(15-4-2-6-17-14(15)8-12-29-17)19(23(28)25-22)20-16-5-1-3-13-7-10-26(21(13)16)11-9-24-20/h1-6,9,11H,7-8,10,12H2,(H,25,27,28). The largest absolute Gasteiger partial charge is 0.493 e. The second-order valence-electron chi connectivity index (χ2n) is 7.45. The van der Waals surface area contributed by atoms with Crippen molar-refractivity contribution in [2.45, 2.75) is 12.8 Å². The van der Waals surface area contributed by atoms with Gasteiger partial charge in [0.05, 0.1) is 29.2 Å². The number of hydrogen-bond donors (Lipinski definition) is 1. The Morgan fingerprint density at radius 2 is 1.79 bits per heavy atom. The number of ether oxygens (including phenoxy) is 1. The van der Waals surface area contributed by atoms with E-state index in [0.29, 0.717) is 29.9 Å². The van der Waals surface area contributed by atoms with Crippen molar-refractivity contribution >= 4 is 28.8 Å². The molecule has 0 aromatic heterocycles. The van der Waals surface area contributed by atoms with Crippen LogP contribution in [-0.4, -0.2) is 30.7 Å². The fourth-order valence-corrected chi connectivity index (χ4v) is 4.68. The van der Waals surface area contributed by atoms with Crippen molar-refractivity contribution in [2.75, 3.05) is 18.1 Å². The zero-order valence-electron chi connectivity index (χ0n) is 15.6. The van der Waals surface area contributed by atoms with E-state index in [-0.39, 0.29) is 5.91 Å². The summed E-state index contributed by atoms with van der Waals surface area (Å²) in [5, 5.41) is 2.49. The van der Waals surface area contributed by atoms with E-state index >= 15 is 0 Å². The predicted octanol–water partition coefficient (Wildman–Crippen LogP) is 2.37. The number of amides is 2. The molecule has 142 valence electrons. The van der Waals surface area contributed by atoms with Crippen LogP contribution in [0.1, 0.15) is 22.3 Å². The Hall–Kier alpha value is -3.67. The fourth-order valence-electron chi connectivity index (χ4n) is 4.68. The number of hydrogen-bond acceptors (Lipinski definition) is 5. The number of nitrogens with zero attached hydrogens (tertiary/aromatic N) is 2. The lowest BCUT2D eigenvalue weighted by Crippen LogP contribution is -2.25. The van der Waals surface area contributed by atoms with Crippen LogP contribution in [0, 0.1) is 0 Å². The van der Waals surface area contributed by atoms with Crippen LogP contribution < -0.4 is 15.0 Å². The first-order valence-corrected chi connectivity index (χ1v) is 9.71. The lowest BCUT2D eigenvalue weighted by Gasteiger charge is -2.17. The van der Waals surface area contributed by atoms with Gasteiger partial charge in [0.1, 0.15) is 5.75 Å². The van der Waals surface area contributed by atoms with E-state index in [0.717, 1.165) is 41.1 Å². The third kappa shape index (κ3) is 2.26. The summed E-state index contributed by atoms with van der Waals surface area (Å²) in [6.45, 7) is 1.46. The van der Waals surface area contributed by atoms with E-state index in [1.165, 1.54) is 5.56 Å². The molecule has 0 bridgehead atoms. The number of anilines is 1. The van der Waals surface area contributed by atoms with E-state index in [1.54, 1.807) is 6.20 Å². The number of imide groups is 1. The molecule has 4 heterocycles. The van der Waals surface area contributed by atoms with Crippen molar-refractivity contribution in [1.82, 2.24) is 5.32 Å². The lowest BCUT2D eigenvalue weighted by molar-refractivity contribution is -0.123. The van der Waals surface area contributed by atoms with Gasteiger partial charge in [0.25, 0.3) is 11.8 Å². The number of rotatable bonds is 2. The second kappa shape index (κ2) is 5.91. The van der Waals surface area contributed by atoms with Crippen molar-refractivity contribution < 1.29 is 14.3 Å². The molecule has 2 aromatic rings. The van der Waals surface area contributed by atoms with E-state index in [4.69, 9.17) is 4.74 Å². The lowest BCUT2D eigenvalue weighted by atomic mass is 9.90. The topological polar surface area (TPSA) is 71.0 Å². The number of carbonyl (C=O) groups is 2. The number of aliphatic imine (C=N–C) groups is 1. The fraction of sp³-hybridized carbons (Fsp3) is 0.174. The van der Waals surface area contributed by atoms with Gasteiger partial charge < -0.3 is 9.64 Å². The zero-order chi connectivity index (χ0) is 19.5. The highest BCUT2D eigenvalue weighted by atomic mass is 16.5. The van der Waals surface area contributed by atoms with Gasteiger partial charge in [0.15, 0.2) is 0 Å². The summed E-state index contributed by atoms with van der Waals surface area (Å²) in [6.07, 6.45) is 5.31. The van der Waals surface area contributed by atoms with E-state index < -0.39 is 5.91 Å². The van der Waals surface area contributed by atoms with Crippen molar-refractivity contribution in [3.8, 4) is 5.75 Å². The molecule has 1 N–H and O–H groups in total. The quantitative estimate of drug-likeness (QED) is 0.809. The molecule has 6 heteroatoms. The molecule has 29 heavy (non-hydrogen) atoms. The van der Waals surface area contributed by atoms with E-state index in [1.807, 2.05) is 36.5 Å². The van der Waals surface area contributed by atoms with Crippen LogP contribution in [0.15, 0.2) is 59.4 Å². The molecule has 2 amide bonds. The Labute approximate surface area is 167 Å². The monoisotopic (exact) mass is 383 g/mol. The van der Waals surface area contributed by atoms with Gasteiger partial charge in [-0.2, -0.15) is 0 Å². The third-order valence-electron chi connectivity index (χ3n) is 5.91. The van der Waals surface area contributed by atoms with Crippen molar-refractivity contribution in [3.05, 3.63) is 76.6 Å². The van der Waals surface area contributed by atoms with Crippen molar-refractivity contribution in [1.29, 1.82) is 0 Å². The minimum atomic E-state index is -0.405. The molecular formula is C23H17N3O3. The van der Waals surface area contributed by atoms with E-state index in [9.17, 15) is 9.59 Å². The molecule has 0 unspecified atom stereocenters. The Bertz CT molecular complexity index is 1210. The summed E-state index contributed by atoms with van der Waals surface area (Å²) in [5.74, 6) is -0.0145. The molecule has 6 rings (SSSR count). The normalized spacial score (nSPS) is 19.0. The number of carbonyl (C=O) groups excluding carboxylic acids is 2. The maximum atomic E-state index is 12.9. The van der Waals surface area contributed by atoms with Gasteiger partial charge in [0, 0.05) is 36.5 Å². The molecule has 0 fully saturated rings. The number of fused-ring (bicyclic) bond motifs is 1. The summed E-state index contributed by atoms with van der Waals surface area (Å²) in [7, 11) is 0. The van der Waals surface area contributed by atoms with E-state index in [2.05, 4.69) is 21.3 Å². The number of para-hydroxylation sites is 1. The summed E-state index contributed by atoms with van der Waals surface area (Å²) >= 11 is 0. The van der Waals surface area contributed by atoms with Gasteiger partial charge in [-0.1, -0.05) is 30.3 Å². The number of benzene rings is 2. The van der Waals surface area contributed by atoms with Gasteiger partial charge in [0.2, 0.25) is 0 Å². The van der Waals surface area contributed by atoms with Crippen molar-refractivity contribution in [2.24, 2.45) is 4.99 Å². The smallest absolute Gasteiger partial charge is 0.261 e. The molecular weight excluding hydrogens is 366 g/mol. The van der Waals surface area contributed by atoms with Crippen LogP contribution in [0.2, 0.25) is 0 Å². The average Bonchev–Trinajstić information content (AvgIpc) is 3.39. The van der Waals surface area contributed by atoms with Crippen LogP contribution in [0.3, 0.4) is 0 Å². The third-order valence-corrected chi connectivity index (χ3v) is 5.91. The second-order valence-corrected chi connectivity index (χ2v) is 7.45. The van der Waals surface area contributed by atoms with Crippen LogP contribution in [-0.2, 0) is 22.4 Å². The van der Waals surface area contributed by atoms with Crippen LogP contribution in [0.4, 0.5) is 5.69 Å². The molecule has 0 radical (unpaired) electrons. The van der Waals surface area contributed by atoms with Crippen LogP contribution >= 0.6 is 0 Å². The molecule has 6 nitrogen and oxygen atoms in total. The Kier molecular flexibility index (Phi) is 3.32. The minimum absolute atomic E-state index is 0.335. The molecule has 4 aliphatic rings. The van der Waals surface area contributed by atoms with Crippen molar-refractivity contribution in [3.63, 3.8) is 0 Å². The maximum absolute atomic E-state index is 12.9. The van der Waals surface area contributed by atoms with Crippen LogP contribution in [0.25, 0.3) is 5.57 Å². The van der Waals surface area contributed by atoms with Gasteiger partial charge in [-0.3, -0.25) is 19.9 Å². The Morgan fingerprint density at radius 3 is 2.72 bits per heavy atom. The summed E-state index contributed by atoms with van der Waals surface area (Å²) in [6, 6.07) is 11.7. The highest BCUT2D eigenvalue weighted by molar-refractivity contribution is 6.48. The van der Waals surface area contributed by atoms with Crippen LogP contribution in [0.5, 0.6) is 5.75 Å². The summed E-state index contributed by atoms with van der Waals surface area (Å²) in [4.78, 5) is 32.6.